The lowest BCUT2D eigenvalue weighted by Gasteiger charge is -2.32. The third-order valence-electron chi connectivity index (χ3n) is 4.01. The van der Waals surface area contributed by atoms with Crippen molar-refractivity contribution in [1.29, 1.82) is 0 Å². The first-order valence-corrected chi connectivity index (χ1v) is 7.12. The predicted octanol–water partition coefficient (Wildman–Crippen LogP) is 1.79. The second kappa shape index (κ2) is 5.54. The van der Waals surface area contributed by atoms with Gasteiger partial charge in [-0.1, -0.05) is 19.3 Å². The zero-order valence-electron chi connectivity index (χ0n) is 11.4. The largest absolute Gasteiger partial charge is 0.435 e. The highest BCUT2D eigenvalue weighted by Crippen LogP contribution is 2.36. The summed E-state index contributed by atoms with van der Waals surface area (Å²) in [6.07, 6.45) is 2.29. The number of nitrogens with one attached hydrogen (secondary N) is 1. The molecule has 1 aliphatic carbocycles. The highest BCUT2D eigenvalue weighted by atomic mass is 19.3. The molecule has 2 aliphatic heterocycles. The molecule has 2 heterocycles. The maximum absolute atomic E-state index is 12.6. The van der Waals surface area contributed by atoms with Gasteiger partial charge in [-0.15, -0.1) is 0 Å². The fourth-order valence-corrected chi connectivity index (χ4v) is 2.76. The van der Waals surface area contributed by atoms with Crippen molar-refractivity contribution in [2.75, 3.05) is 0 Å². The summed E-state index contributed by atoms with van der Waals surface area (Å²) in [7, 11) is 0. The number of alkyl halides is 2. The summed E-state index contributed by atoms with van der Waals surface area (Å²) in [5.41, 5.74) is 0.631. The number of amidine groups is 1. The highest BCUT2D eigenvalue weighted by Gasteiger charge is 2.42. The monoisotopic (exact) mass is 298 g/mol. The van der Waals surface area contributed by atoms with Gasteiger partial charge in [-0.2, -0.15) is 0 Å². The number of hydrogen-bond donors (Lipinski definition) is 1. The van der Waals surface area contributed by atoms with Gasteiger partial charge in [-0.05, 0) is 24.3 Å². The van der Waals surface area contributed by atoms with Crippen molar-refractivity contribution < 1.29 is 23.1 Å². The second-order valence-electron chi connectivity index (χ2n) is 5.66. The first-order valence-electron chi connectivity index (χ1n) is 7.12. The van der Waals surface area contributed by atoms with Crippen LogP contribution < -0.4 is 5.32 Å². The van der Waals surface area contributed by atoms with E-state index in [1.165, 1.54) is 18.9 Å². The number of fused-ring (bicyclic) bond motifs is 1. The molecule has 0 aromatic heterocycles. The normalized spacial score (nSPS) is 28.5. The summed E-state index contributed by atoms with van der Waals surface area (Å²) in [5, 5.41) is 2.10. The van der Waals surface area contributed by atoms with Gasteiger partial charge in [0.25, 0.3) is 6.43 Å². The minimum Gasteiger partial charge on any atom is -0.435 e. The SMILES string of the molecule is O=C1C=C(CCCC2CC2)C2C(=O)NC(C(F)F)=NC2O1. The van der Waals surface area contributed by atoms with Gasteiger partial charge in [0, 0.05) is 6.08 Å². The number of amides is 1. The molecule has 1 saturated carbocycles. The van der Waals surface area contributed by atoms with Gasteiger partial charge < -0.3 is 10.1 Å². The van der Waals surface area contributed by atoms with Crippen LogP contribution in [0.4, 0.5) is 8.78 Å². The molecule has 1 amide bonds. The third kappa shape index (κ3) is 3.11. The zero-order chi connectivity index (χ0) is 15.0. The number of ether oxygens (including phenoxy) is 1. The predicted molar refractivity (Wildman–Crippen MR) is 69.6 cm³/mol. The Bertz CT molecular complexity index is 526. The second-order valence-corrected chi connectivity index (χ2v) is 5.66. The minimum atomic E-state index is -2.89. The lowest BCUT2D eigenvalue weighted by Crippen LogP contribution is -2.51. The van der Waals surface area contributed by atoms with E-state index in [2.05, 4.69) is 10.3 Å². The molecule has 0 aromatic carbocycles. The van der Waals surface area contributed by atoms with Gasteiger partial charge in [0.2, 0.25) is 12.1 Å². The molecule has 1 N–H and O–H groups in total. The summed E-state index contributed by atoms with van der Waals surface area (Å²) in [4.78, 5) is 27.2. The molecule has 0 saturated heterocycles. The number of carbonyl (C=O) groups is 2. The van der Waals surface area contributed by atoms with E-state index in [9.17, 15) is 18.4 Å². The lowest BCUT2D eigenvalue weighted by molar-refractivity contribution is -0.149. The summed E-state index contributed by atoms with van der Waals surface area (Å²) in [5.74, 6) is -1.93. The van der Waals surface area contributed by atoms with Crippen molar-refractivity contribution in [2.45, 2.75) is 44.8 Å². The minimum absolute atomic E-state index is 0.574. The number of hydrogen-bond acceptors (Lipinski definition) is 4. The van der Waals surface area contributed by atoms with Crippen molar-refractivity contribution in [3.63, 3.8) is 0 Å². The standard InChI is InChI=1S/C14H16F2N2O3/c15-11(16)12-17-13(20)10-8(3-1-2-7-4-5-7)6-9(19)21-14(10)18-12/h6-7,10-11,14H,1-5H2,(H,17,18,20). The molecular weight excluding hydrogens is 282 g/mol. The van der Waals surface area contributed by atoms with Gasteiger partial charge in [-0.3, -0.25) is 4.79 Å². The number of carbonyl (C=O) groups excluding carboxylic acids is 2. The Morgan fingerprint density at radius 3 is 2.81 bits per heavy atom. The van der Waals surface area contributed by atoms with Gasteiger partial charge >= 0.3 is 5.97 Å². The van der Waals surface area contributed by atoms with Gasteiger partial charge in [0.05, 0.1) is 0 Å². The van der Waals surface area contributed by atoms with Crippen molar-refractivity contribution in [2.24, 2.45) is 16.8 Å². The summed E-state index contributed by atoms with van der Waals surface area (Å²) in [6.45, 7) is 0. The Balaban J connectivity index is 1.74. The van der Waals surface area contributed by atoms with Crippen molar-refractivity contribution >= 4 is 17.7 Å². The molecule has 0 radical (unpaired) electrons. The molecule has 0 bridgehead atoms. The van der Waals surface area contributed by atoms with E-state index in [0.717, 1.165) is 18.8 Å². The van der Waals surface area contributed by atoms with Crippen LogP contribution in [0.3, 0.4) is 0 Å². The van der Waals surface area contributed by atoms with E-state index in [1.807, 2.05) is 0 Å². The topological polar surface area (TPSA) is 67.8 Å². The van der Waals surface area contributed by atoms with E-state index in [-0.39, 0.29) is 0 Å². The van der Waals surface area contributed by atoms with Gasteiger partial charge in [-0.25, -0.2) is 18.6 Å². The van der Waals surface area contributed by atoms with Gasteiger partial charge in [0.15, 0.2) is 5.84 Å². The van der Waals surface area contributed by atoms with Crippen molar-refractivity contribution in [1.82, 2.24) is 5.32 Å². The van der Waals surface area contributed by atoms with Crippen LogP contribution in [0.2, 0.25) is 0 Å². The lowest BCUT2D eigenvalue weighted by atomic mass is 9.88. The van der Waals surface area contributed by atoms with Crippen LogP contribution >= 0.6 is 0 Å². The molecule has 0 spiro atoms. The third-order valence-corrected chi connectivity index (χ3v) is 4.01. The van der Waals surface area contributed by atoms with Gasteiger partial charge in [0.1, 0.15) is 5.92 Å². The van der Waals surface area contributed by atoms with Crippen LogP contribution in [-0.2, 0) is 14.3 Å². The molecule has 7 heteroatoms. The number of halogens is 2. The Hall–Kier alpha value is -1.79. The molecule has 0 aromatic rings. The number of rotatable bonds is 5. The fraction of sp³-hybridized carbons (Fsp3) is 0.643. The maximum Gasteiger partial charge on any atom is 0.332 e. The van der Waals surface area contributed by atoms with E-state index >= 15 is 0 Å². The molecule has 2 unspecified atom stereocenters. The van der Waals surface area contributed by atoms with E-state index < -0.39 is 36.3 Å². The van der Waals surface area contributed by atoms with E-state index in [4.69, 9.17) is 4.74 Å². The quantitative estimate of drug-likeness (QED) is 0.787. The average molecular weight is 298 g/mol. The van der Waals surface area contributed by atoms with Crippen molar-refractivity contribution in [3.8, 4) is 0 Å². The van der Waals surface area contributed by atoms with Crippen LogP contribution in [0, 0.1) is 11.8 Å². The molecule has 5 nitrogen and oxygen atoms in total. The molecule has 2 atom stereocenters. The summed E-state index contributed by atoms with van der Waals surface area (Å²) in [6, 6.07) is 0. The molecule has 21 heavy (non-hydrogen) atoms. The average Bonchev–Trinajstić information content (AvgIpc) is 3.21. The molecular formula is C14H16F2N2O3. The van der Waals surface area contributed by atoms with Crippen LogP contribution in [0.1, 0.15) is 32.1 Å². The Morgan fingerprint density at radius 2 is 2.14 bits per heavy atom. The maximum atomic E-state index is 12.6. The summed E-state index contributed by atoms with van der Waals surface area (Å²) >= 11 is 0. The Labute approximate surface area is 120 Å². The fourth-order valence-electron chi connectivity index (χ4n) is 2.76. The highest BCUT2D eigenvalue weighted by molar-refractivity contribution is 6.04. The number of nitrogens with zero attached hydrogens (tertiary/aromatic N) is 1. The molecule has 3 aliphatic rings. The molecule has 1 fully saturated rings. The smallest absolute Gasteiger partial charge is 0.332 e. The zero-order valence-corrected chi connectivity index (χ0v) is 11.4. The van der Waals surface area contributed by atoms with Crippen molar-refractivity contribution in [3.05, 3.63) is 11.6 Å². The first-order chi connectivity index (χ1) is 10.0. The van der Waals surface area contributed by atoms with Crippen LogP contribution in [0.25, 0.3) is 0 Å². The number of esters is 1. The van der Waals surface area contributed by atoms with Crippen LogP contribution in [-0.4, -0.2) is 30.4 Å². The number of aliphatic imine (C=N–C) groups is 1. The molecule has 3 rings (SSSR count). The Morgan fingerprint density at radius 1 is 1.38 bits per heavy atom. The van der Waals surface area contributed by atoms with E-state index in [1.54, 1.807) is 0 Å². The Kier molecular flexibility index (Phi) is 3.73. The summed E-state index contributed by atoms with van der Waals surface area (Å²) < 4.78 is 30.2. The van der Waals surface area contributed by atoms with Crippen LogP contribution in [0.15, 0.2) is 16.6 Å². The van der Waals surface area contributed by atoms with Crippen LogP contribution in [0.5, 0.6) is 0 Å². The first kappa shape index (κ1) is 14.2. The molecule has 114 valence electrons. The van der Waals surface area contributed by atoms with E-state index in [0.29, 0.717) is 12.0 Å².